The van der Waals surface area contributed by atoms with E-state index in [-0.39, 0.29) is 5.91 Å². The molecule has 1 amide bonds. The molecule has 0 saturated carbocycles. The third-order valence-electron chi connectivity index (χ3n) is 5.11. The second-order valence-electron chi connectivity index (χ2n) is 8.36. The van der Waals surface area contributed by atoms with Gasteiger partial charge in [0.05, 0.1) is 0 Å². The summed E-state index contributed by atoms with van der Waals surface area (Å²) in [4.78, 5) is 17.5. The molecule has 1 aromatic heterocycles. The molecule has 3 aromatic carbocycles. The lowest BCUT2D eigenvalue weighted by atomic mass is 10.0. The van der Waals surface area contributed by atoms with Crippen LogP contribution in [0, 0.1) is 0 Å². The van der Waals surface area contributed by atoms with Crippen LogP contribution in [0.15, 0.2) is 77.2 Å². The molecule has 0 atom stereocenters. The molecular weight excluding hydrogens is 388 g/mol. The summed E-state index contributed by atoms with van der Waals surface area (Å²) in [5.74, 6) is 1.34. The van der Waals surface area contributed by atoms with Gasteiger partial charge in [0, 0.05) is 11.3 Å². The minimum Gasteiger partial charge on any atom is -0.478 e. The number of hydrogen-bond acceptors (Lipinski definition) is 4. The average molecular weight is 415 g/mol. The zero-order chi connectivity index (χ0) is 22.0. The summed E-state index contributed by atoms with van der Waals surface area (Å²) in [6.45, 7) is 7.78. The summed E-state index contributed by atoms with van der Waals surface area (Å²) in [5.41, 5.74) is 3.19. The number of benzene rings is 3. The van der Waals surface area contributed by atoms with Crippen molar-refractivity contribution in [3.63, 3.8) is 0 Å². The van der Waals surface area contributed by atoms with Crippen molar-refractivity contribution >= 4 is 22.7 Å². The predicted molar refractivity (Wildman–Crippen MR) is 123 cm³/mol. The highest BCUT2D eigenvalue weighted by molar-refractivity contribution is 5.97. The normalized spacial score (nSPS) is 11.6. The molecule has 0 radical (unpaired) electrons. The lowest BCUT2D eigenvalue weighted by molar-refractivity contribution is -0.128. The standard InChI is InChI=1S/C26H26N2O3/c1-17(2)18-13-14-23-22(16-18)28-24(30-23)19-9-8-10-20(15-19)27-25(29)26(3,4)31-21-11-6-5-7-12-21/h5-17H,1-4H3,(H,27,29). The lowest BCUT2D eigenvalue weighted by Crippen LogP contribution is -2.42. The van der Waals surface area contributed by atoms with Gasteiger partial charge >= 0.3 is 0 Å². The summed E-state index contributed by atoms with van der Waals surface area (Å²) in [6, 6.07) is 22.8. The van der Waals surface area contributed by atoms with Crippen LogP contribution in [0.25, 0.3) is 22.6 Å². The Morgan fingerprint density at radius 2 is 1.77 bits per heavy atom. The van der Waals surface area contributed by atoms with Crippen molar-refractivity contribution in [3.05, 3.63) is 78.4 Å². The van der Waals surface area contributed by atoms with E-state index in [0.717, 1.165) is 16.7 Å². The Labute approximate surface area is 182 Å². The number of fused-ring (bicyclic) bond motifs is 1. The molecule has 31 heavy (non-hydrogen) atoms. The first kappa shape index (κ1) is 20.7. The number of aromatic nitrogens is 1. The van der Waals surface area contributed by atoms with Crippen LogP contribution in [0.4, 0.5) is 5.69 Å². The molecule has 5 nitrogen and oxygen atoms in total. The van der Waals surface area contributed by atoms with Gasteiger partial charge in [0.2, 0.25) is 5.89 Å². The number of para-hydroxylation sites is 1. The van der Waals surface area contributed by atoms with E-state index in [1.54, 1.807) is 13.8 Å². The summed E-state index contributed by atoms with van der Waals surface area (Å²) < 4.78 is 11.8. The number of carbonyl (C=O) groups excluding carboxylic acids is 1. The van der Waals surface area contributed by atoms with Gasteiger partial charge in [0.25, 0.3) is 5.91 Å². The molecule has 0 fully saturated rings. The molecule has 0 spiro atoms. The molecule has 0 aliphatic rings. The number of amides is 1. The Morgan fingerprint density at radius 3 is 2.52 bits per heavy atom. The third-order valence-corrected chi connectivity index (χ3v) is 5.11. The van der Waals surface area contributed by atoms with Gasteiger partial charge in [-0.05, 0) is 67.8 Å². The SMILES string of the molecule is CC(C)c1ccc2oc(-c3cccc(NC(=O)C(C)(C)Oc4ccccc4)c3)nc2c1. The maximum Gasteiger partial charge on any atom is 0.267 e. The van der Waals surface area contributed by atoms with Gasteiger partial charge in [-0.25, -0.2) is 4.98 Å². The zero-order valence-corrected chi connectivity index (χ0v) is 18.2. The highest BCUT2D eigenvalue weighted by Crippen LogP contribution is 2.29. The number of ether oxygens (including phenoxy) is 1. The topological polar surface area (TPSA) is 64.4 Å². The van der Waals surface area contributed by atoms with Crippen LogP contribution in [0.1, 0.15) is 39.2 Å². The molecule has 0 aliphatic heterocycles. The first-order chi connectivity index (χ1) is 14.8. The summed E-state index contributed by atoms with van der Waals surface area (Å²) in [5, 5.41) is 2.94. The maximum absolute atomic E-state index is 12.9. The van der Waals surface area contributed by atoms with E-state index in [1.165, 1.54) is 5.56 Å². The molecule has 0 unspecified atom stereocenters. The van der Waals surface area contributed by atoms with E-state index < -0.39 is 5.60 Å². The molecule has 0 aliphatic carbocycles. The summed E-state index contributed by atoms with van der Waals surface area (Å²) >= 11 is 0. The van der Waals surface area contributed by atoms with Gasteiger partial charge in [-0.1, -0.05) is 44.2 Å². The van der Waals surface area contributed by atoms with E-state index in [9.17, 15) is 4.79 Å². The minimum atomic E-state index is -1.04. The van der Waals surface area contributed by atoms with Crippen LogP contribution in [0.3, 0.4) is 0 Å². The quantitative estimate of drug-likeness (QED) is 0.396. The Balaban J connectivity index is 1.54. The highest BCUT2D eigenvalue weighted by atomic mass is 16.5. The number of anilines is 1. The van der Waals surface area contributed by atoms with Crippen LogP contribution in [0.5, 0.6) is 5.75 Å². The van der Waals surface area contributed by atoms with Crippen LogP contribution < -0.4 is 10.1 Å². The minimum absolute atomic E-state index is 0.243. The molecule has 0 bridgehead atoms. The number of hydrogen-bond donors (Lipinski definition) is 1. The number of oxazole rings is 1. The second-order valence-corrected chi connectivity index (χ2v) is 8.36. The molecule has 1 N–H and O–H groups in total. The van der Waals surface area contributed by atoms with E-state index in [1.807, 2.05) is 60.7 Å². The molecule has 0 saturated heterocycles. The number of carbonyl (C=O) groups is 1. The van der Waals surface area contributed by atoms with E-state index in [4.69, 9.17) is 9.15 Å². The fourth-order valence-corrected chi connectivity index (χ4v) is 3.27. The molecule has 5 heteroatoms. The van der Waals surface area contributed by atoms with Crippen molar-refractivity contribution < 1.29 is 13.9 Å². The second kappa shape index (κ2) is 8.26. The summed E-state index contributed by atoms with van der Waals surface area (Å²) in [6.07, 6.45) is 0. The van der Waals surface area contributed by atoms with Crippen molar-refractivity contribution in [2.45, 2.75) is 39.2 Å². The lowest BCUT2D eigenvalue weighted by Gasteiger charge is -2.25. The third kappa shape index (κ3) is 4.61. The number of rotatable bonds is 6. The number of nitrogens with one attached hydrogen (secondary N) is 1. The van der Waals surface area contributed by atoms with E-state index in [2.05, 4.69) is 36.3 Å². The molecule has 4 rings (SSSR count). The van der Waals surface area contributed by atoms with Crippen LogP contribution in [-0.2, 0) is 4.79 Å². The molecule has 4 aromatic rings. The van der Waals surface area contributed by atoms with Gasteiger partial charge in [-0.3, -0.25) is 4.79 Å². The van der Waals surface area contributed by atoms with Crippen molar-refractivity contribution in [2.24, 2.45) is 0 Å². The monoisotopic (exact) mass is 414 g/mol. The Bertz CT molecular complexity index is 1210. The first-order valence-corrected chi connectivity index (χ1v) is 10.4. The Hall–Kier alpha value is -3.60. The fraction of sp³-hybridized carbons (Fsp3) is 0.231. The van der Waals surface area contributed by atoms with Gasteiger partial charge in [0.1, 0.15) is 11.3 Å². The van der Waals surface area contributed by atoms with Crippen molar-refractivity contribution in [3.8, 4) is 17.2 Å². The molecule has 1 heterocycles. The molecular formula is C26H26N2O3. The van der Waals surface area contributed by atoms with Crippen molar-refractivity contribution in [1.82, 2.24) is 4.98 Å². The maximum atomic E-state index is 12.9. The van der Waals surface area contributed by atoms with Gasteiger partial charge < -0.3 is 14.5 Å². The largest absolute Gasteiger partial charge is 0.478 e. The van der Waals surface area contributed by atoms with Crippen molar-refractivity contribution in [2.75, 3.05) is 5.32 Å². The highest BCUT2D eigenvalue weighted by Gasteiger charge is 2.30. The van der Waals surface area contributed by atoms with Gasteiger partial charge in [-0.2, -0.15) is 0 Å². The Morgan fingerprint density at radius 1 is 1.00 bits per heavy atom. The summed E-state index contributed by atoms with van der Waals surface area (Å²) in [7, 11) is 0. The van der Waals surface area contributed by atoms with Gasteiger partial charge in [-0.15, -0.1) is 0 Å². The molecule has 158 valence electrons. The van der Waals surface area contributed by atoms with E-state index >= 15 is 0 Å². The first-order valence-electron chi connectivity index (χ1n) is 10.4. The van der Waals surface area contributed by atoms with E-state index in [0.29, 0.717) is 23.2 Å². The smallest absolute Gasteiger partial charge is 0.267 e. The van der Waals surface area contributed by atoms with Crippen LogP contribution in [-0.4, -0.2) is 16.5 Å². The Kier molecular flexibility index (Phi) is 5.51. The van der Waals surface area contributed by atoms with Crippen LogP contribution in [0.2, 0.25) is 0 Å². The van der Waals surface area contributed by atoms with Crippen molar-refractivity contribution in [1.29, 1.82) is 0 Å². The fourth-order valence-electron chi connectivity index (χ4n) is 3.27. The average Bonchev–Trinajstić information content (AvgIpc) is 3.18. The zero-order valence-electron chi connectivity index (χ0n) is 18.2. The van der Waals surface area contributed by atoms with Gasteiger partial charge in [0.15, 0.2) is 11.2 Å². The van der Waals surface area contributed by atoms with Crippen LogP contribution >= 0.6 is 0 Å². The number of nitrogens with zero attached hydrogens (tertiary/aromatic N) is 1. The predicted octanol–water partition coefficient (Wildman–Crippen LogP) is 6.41.